The molecule has 1 fully saturated rings. The standard InChI is InChI=1S/C26H23N3O4S/c30-26(21-7-10-23(11-8-21)33-24-6-3-13-27-19-24)28-14-16-29(17-15-28)34(31,32)25-12-9-20-4-1-2-5-22(20)18-25/h1-13,18-19H,14-17H2. The lowest BCUT2D eigenvalue weighted by Gasteiger charge is -2.34. The first kappa shape index (κ1) is 22.1. The van der Waals surface area contributed by atoms with Gasteiger partial charge in [0, 0.05) is 37.9 Å². The van der Waals surface area contributed by atoms with Crippen molar-refractivity contribution in [1.29, 1.82) is 0 Å². The van der Waals surface area contributed by atoms with Crippen LogP contribution in [0.15, 0.2) is 96.2 Å². The first-order valence-corrected chi connectivity index (χ1v) is 12.4. The largest absolute Gasteiger partial charge is 0.456 e. The number of carbonyl (C=O) groups is 1. The third-order valence-corrected chi connectivity index (χ3v) is 7.75. The number of ether oxygens (including phenoxy) is 1. The number of amides is 1. The summed E-state index contributed by atoms with van der Waals surface area (Å²) in [4.78, 5) is 18.9. The average molecular weight is 474 g/mol. The lowest BCUT2D eigenvalue weighted by molar-refractivity contribution is 0.0698. The molecule has 1 aliphatic rings. The van der Waals surface area contributed by atoms with E-state index >= 15 is 0 Å². The van der Waals surface area contributed by atoms with Crippen LogP contribution in [0.2, 0.25) is 0 Å². The lowest BCUT2D eigenvalue weighted by Crippen LogP contribution is -2.50. The van der Waals surface area contributed by atoms with Gasteiger partial charge in [0.1, 0.15) is 11.5 Å². The van der Waals surface area contributed by atoms with Crippen LogP contribution in [0, 0.1) is 0 Å². The van der Waals surface area contributed by atoms with Gasteiger partial charge in [0.15, 0.2) is 0 Å². The Morgan fingerprint density at radius 3 is 2.24 bits per heavy atom. The SMILES string of the molecule is O=C(c1ccc(Oc2cccnc2)cc1)N1CCN(S(=O)(=O)c2ccc3ccccc3c2)CC1. The minimum Gasteiger partial charge on any atom is -0.456 e. The Kier molecular flexibility index (Phi) is 6.00. The third kappa shape index (κ3) is 4.50. The Morgan fingerprint density at radius 1 is 0.794 bits per heavy atom. The second-order valence-electron chi connectivity index (χ2n) is 8.02. The molecule has 0 spiro atoms. The molecule has 7 nitrogen and oxygen atoms in total. The Hall–Kier alpha value is -3.75. The number of hydrogen-bond donors (Lipinski definition) is 0. The van der Waals surface area contributed by atoms with Crippen LogP contribution in [0.25, 0.3) is 10.8 Å². The van der Waals surface area contributed by atoms with Crippen LogP contribution in [0.3, 0.4) is 0 Å². The topological polar surface area (TPSA) is 79.8 Å². The number of sulfonamides is 1. The number of piperazine rings is 1. The van der Waals surface area contributed by atoms with Crippen LogP contribution in [-0.2, 0) is 10.0 Å². The Morgan fingerprint density at radius 2 is 1.53 bits per heavy atom. The molecular weight excluding hydrogens is 450 g/mol. The highest BCUT2D eigenvalue weighted by atomic mass is 32.2. The predicted octanol–water partition coefficient (Wildman–Crippen LogP) is 4.17. The van der Waals surface area contributed by atoms with E-state index in [0.29, 0.717) is 30.2 Å². The molecule has 0 bridgehead atoms. The van der Waals surface area contributed by atoms with Gasteiger partial charge in [0.2, 0.25) is 10.0 Å². The smallest absolute Gasteiger partial charge is 0.253 e. The molecule has 1 aromatic heterocycles. The van der Waals surface area contributed by atoms with E-state index in [1.807, 2.05) is 30.3 Å². The fourth-order valence-corrected chi connectivity index (χ4v) is 5.46. The van der Waals surface area contributed by atoms with Crippen LogP contribution < -0.4 is 4.74 Å². The Labute approximate surface area is 198 Å². The highest BCUT2D eigenvalue weighted by Gasteiger charge is 2.30. The molecule has 3 aromatic carbocycles. The quantitative estimate of drug-likeness (QED) is 0.435. The van der Waals surface area contributed by atoms with Gasteiger partial charge in [-0.2, -0.15) is 4.31 Å². The average Bonchev–Trinajstić information content (AvgIpc) is 2.89. The molecule has 0 unspecified atom stereocenters. The summed E-state index contributed by atoms with van der Waals surface area (Å²) >= 11 is 0. The summed E-state index contributed by atoms with van der Waals surface area (Å²) in [6, 6.07) is 23.3. The molecule has 1 aliphatic heterocycles. The van der Waals surface area contributed by atoms with Crippen LogP contribution in [0.1, 0.15) is 10.4 Å². The van der Waals surface area contributed by atoms with Crippen molar-refractivity contribution in [2.45, 2.75) is 4.90 Å². The van der Waals surface area contributed by atoms with E-state index in [0.717, 1.165) is 10.8 Å². The fraction of sp³-hybridized carbons (Fsp3) is 0.154. The zero-order valence-corrected chi connectivity index (χ0v) is 19.2. The zero-order chi connectivity index (χ0) is 23.5. The monoisotopic (exact) mass is 473 g/mol. The molecule has 1 amide bonds. The van der Waals surface area contributed by atoms with Gasteiger partial charge < -0.3 is 9.64 Å². The zero-order valence-electron chi connectivity index (χ0n) is 18.4. The van der Waals surface area contributed by atoms with Gasteiger partial charge in [-0.1, -0.05) is 30.3 Å². The second kappa shape index (κ2) is 9.24. The molecule has 0 aliphatic carbocycles. The van der Waals surface area contributed by atoms with Crippen molar-refractivity contribution in [3.05, 3.63) is 96.8 Å². The first-order chi connectivity index (χ1) is 16.5. The summed E-state index contributed by atoms with van der Waals surface area (Å²) in [6.07, 6.45) is 3.28. The summed E-state index contributed by atoms with van der Waals surface area (Å²) in [6.45, 7) is 1.17. The molecule has 172 valence electrons. The molecule has 4 aromatic rings. The minimum atomic E-state index is -3.63. The maximum atomic E-state index is 13.2. The van der Waals surface area contributed by atoms with Gasteiger partial charge in [0.05, 0.1) is 11.1 Å². The molecule has 0 N–H and O–H groups in total. The third-order valence-electron chi connectivity index (χ3n) is 5.86. The molecule has 34 heavy (non-hydrogen) atoms. The van der Waals surface area contributed by atoms with E-state index in [9.17, 15) is 13.2 Å². The van der Waals surface area contributed by atoms with Crippen LogP contribution >= 0.6 is 0 Å². The number of carbonyl (C=O) groups excluding carboxylic acids is 1. The summed E-state index contributed by atoms with van der Waals surface area (Å²) in [5.74, 6) is 1.09. The van der Waals surface area contributed by atoms with E-state index in [1.54, 1.807) is 65.8 Å². The normalized spacial score (nSPS) is 14.8. The molecule has 8 heteroatoms. The Balaban J connectivity index is 1.23. The number of hydrogen-bond acceptors (Lipinski definition) is 5. The van der Waals surface area contributed by atoms with Crippen molar-refractivity contribution < 1.29 is 17.9 Å². The molecule has 5 rings (SSSR count). The van der Waals surface area contributed by atoms with E-state index in [4.69, 9.17) is 4.74 Å². The number of benzene rings is 3. The summed E-state index contributed by atoms with van der Waals surface area (Å²) < 4.78 is 33.5. The van der Waals surface area contributed by atoms with Crippen LogP contribution in [0.4, 0.5) is 0 Å². The maximum absolute atomic E-state index is 13.2. The summed E-state index contributed by atoms with van der Waals surface area (Å²) in [5.41, 5.74) is 0.532. The van der Waals surface area contributed by atoms with Gasteiger partial charge in [0.25, 0.3) is 5.91 Å². The van der Waals surface area contributed by atoms with E-state index in [2.05, 4.69) is 4.98 Å². The highest BCUT2D eigenvalue weighted by molar-refractivity contribution is 7.89. The van der Waals surface area contributed by atoms with Crippen LogP contribution in [0.5, 0.6) is 11.5 Å². The van der Waals surface area contributed by atoms with Crippen molar-refractivity contribution in [3.8, 4) is 11.5 Å². The number of nitrogens with zero attached hydrogens (tertiary/aromatic N) is 3. The van der Waals surface area contributed by atoms with Gasteiger partial charge in [-0.25, -0.2) is 8.42 Å². The maximum Gasteiger partial charge on any atom is 0.253 e. The molecule has 2 heterocycles. The van der Waals surface area contributed by atoms with E-state index in [-0.39, 0.29) is 23.9 Å². The Bertz CT molecular complexity index is 1420. The first-order valence-electron chi connectivity index (χ1n) is 11.0. The molecule has 0 atom stereocenters. The summed E-state index contributed by atoms with van der Waals surface area (Å²) in [5, 5.41) is 1.88. The molecule has 0 radical (unpaired) electrons. The van der Waals surface area contributed by atoms with Crippen molar-refractivity contribution >= 4 is 26.7 Å². The fourth-order valence-electron chi connectivity index (χ4n) is 4.00. The van der Waals surface area contributed by atoms with Crippen molar-refractivity contribution in [2.75, 3.05) is 26.2 Å². The molecular formula is C26H23N3O4S. The van der Waals surface area contributed by atoms with Crippen molar-refractivity contribution in [2.24, 2.45) is 0 Å². The van der Waals surface area contributed by atoms with Crippen molar-refractivity contribution in [1.82, 2.24) is 14.2 Å². The highest BCUT2D eigenvalue weighted by Crippen LogP contribution is 2.24. The number of fused-ring (bicyclic) bond motifs is 1. The van der Waals surface area contributed by atoms with Gasteiger partial charge >= 0.3 is 0 Å². The number of rotatable bonds is 5. The lowest BCUT2D eigenvalue weighted by atomic mass is 10.1. The van der Waals surface area contributed by atoms with Crippen LogP contribution in [-0.4, -0.2) is 54.7 Å². The number of pyridine rings is 1. The van der Waals surface area contributed by atoms with Gasteiger partial charge in [-0.05, 0) is 59.3 Å². The molecule has 1 saturated heterocycles. The van der Waals surface area contributed by atoms with E-state index in [1.165, 1.54) is 4.31 Å². The number of aromatic nitrogens is 1. The predicted molar refractivity (Wildman–Crippen MR) is 129 cm³/mol. The van der Waals surface area contributed by atoms with E-state index < -0.39 is 10.0 Å². The summed E-state index contributed by atoms with van der Waals surface area (Å²) in [7, 11) is -3.63. The molecule has 0 saturated carbocycles. The second-order valence-corrected chi connectivity index (χ2v) is 9.96. The van der Waals surface area contributed by atoms with Gasteiger partial charge in [-0.3, -0.25) is 9.78 Å². The van der Waals surface area contributed by atoms with Gasteiger partial charge in [-0.15, -0.1) is 0 Å². The van der Waals surface area contributed by atoms with Crippen molar-refractivity contribution in [3.63, 3.8) is 0 Å². The minimum absolute atomic E-state index is 0.129.